The van der Waals surface area contributed by atoms with Crippen LogP contribution < -0.4 is 15.1 Å². The summed E-state index contributed by atoms with van der Waals surface area (Å²) in [6.45, 7) is 4.11. The number of thioether (sulfide) groups is 1. The summed E-state index contributed by atoms with van der Waals surface area (Å²) in [7, 11) is 0. The third-order valence-electron chi connectivity index (χ3n) is 6.20. The van der Waals surface area contributed by atoms with Crippen LogP contribution in [-0.2, 0) is 16.2 Å². The largest absolute Gasteiger partial charge is 0.573 e. The van der Waals surface area contributed by atoms with Gasteiger partial charge in [-0.05, 0) is 47.4 Å². The van der Waals surface area contributed by atoms with Gasteiger partial charge in [0, 0.05) is 5.56 Å². The Kier molecular flexibility index (Phi) is 8.78. The van der Waals surface area contributed by atoms with Gasteiger partial charge in [-0.1, -0.05) is 68.1 Å². The number of alkyl halides is 3. The van der Waals surface area contributed by atoms with Crippen LogP contribution in [0.1, 0.15) is 30.9 Å². The Balaban J connectivity index is 1.16. The van der Waals surface area contributed by atoms with Crippen molar-refractivity contribution in [3.8, 4) is 22.8 Å². The maximum atomic E-state index is 12.6. The van der Waals surface area contributed by atoms with Crippen molar-refractivity contribution in [1.82, 2.24) is 20.2 Å². The molecule has 222 valence electrons. The number of benzene rings is 3. The second-order valence-corrected chi connectivity index (χ2v) is 10.5. The van der Waals surface area contributed by atoms with Gasteiger partial charge in [0.1, 0.15) is 12.1 Å². The zero-order valence-corrected chi connectivity index (χ0v) is 23.7. The Morgan fingerprint density at radius 2 is 1.79 bits per heavy atom. The van der Waals surface area contributed by atoms with Crippen molar-refractivity contribution in [3.05, 3.63) is 90.3 Å². The molecule has 1 aliphatic heterocycles. The van der Waals surface area contributed by atoms with Crippen LogP contribution in [0.3, 0.4) is 0 Å². The molecule has 0 unspecified atom stereocenters. The summed E-state index contributed by atoms with van der Waals surface area (Å²) >= 11 is 1.18. The molecule has 1 saturated heterocycles. The Morgan fingerprint density at radius 1 is 1.07 bits per heavy atom. The molecule has 0 spiro atoms. The third-order valence-corrected chi connectivity index (χ3v) is 7.12. The number of aliphatic imine (C=N–C) groups is 1. The molecule has 14 heteroatoms. The number of hydrogen-bond donors (Lipinski definition) is 1. The van der Waals surface area contributed by atoms with Crippen LogP contribution in [0.25, 0.3) is 17.1 Å². The number of nitrogens with zero attached hydrogens (tertiary/aromatic N) is 5. The number of amidine groups is 1. The molecule has 2 heterocycles. The highest BCUT2D eigenvalue weighted by Crippen LogP contribution is 2.33. The summed E-state index contributed by atoms with van der Waals surface area (Å²) in [5.41, 5.74) is 5.91. The Labute approximate surface area is 248 Å². The molecule has 0 atom stereocenters. The molecule has 3 amide bonds. The predicted molar refractivity (Wildman–Crippen MR) is 155 cm³/mol. The second-order valence-electron chi connectivity index (χ2n) is 9.57. The number of halogens is 3. The number of rotatable bonds is 8. The van der Waals surface area contributed by atoms with Gasteiger partial charge in [-0.15, -0.1) is 18.3 Å². The average molecular weight is 611 g/mol. The monoisotopic (exact) mass is 610 g/mol. The fourth-order valence-electron chi connectivity index (χ4n) is 4.22. The van der Waals surface area contributed by atoms with Crippen LogP contribution >= 0.6 is 11.8 Å². The van der Waals surface area contributed by atoms with Crippen LogP contribution in [0, 0.1) is 0 Å². The molecule has 0 bridgehead atoms. The molecule has 0 saturated carbocycles. The normalized spacial score (nSPS) is 14.5. The zero-order chi connectivity index (χ0) is 30.6. The SMILES string of the molecule is CC(C)c1ccccc1N1C(=O)CSC1=NC(=O)NOCc1ccc(-c2ncn(-c3ccc(OC(F)(F)F)cc3)n2)cc1. The number of hydrogen-bond acceptors (Lipinski definition) is 7. The van der Waals surface area contributed by atoms with Crippen LogP contribution in [0.2, 0.25) is 0 Å². The maximum Gasteiger partial charge on any atom is 0.573 e. The molecule has 1 N–H and O–H groups in total. The molecule has 0 radical (unpaired) electrons. The molecule has 1 aromatic heterocycles. The van der Waals surface area contributed by atoms with E-state index in [-0.39, 0.29) is 35.1 Å². The number of hydroxylamine groups is 1. The third kappa shape index (κ3) is 7.40. The van der Waals surface area contributed by atoms with Crippen LogP contribution in [0.4, 0.5) is 23.7 Å². The minimum Gasteiger partial charge on any atom is -0.406 e. The van der Waals surface area contributed by atoms with E-state index < -0.39 is 12.4 Å². The summed E-state index contributed by atoms with van der Waals surface area (Å²) in [4.78, 5) is 40.2. The Hall–Kier alpha value is -4.69. The van der Waals surface area contributed by atoms with Crippen LogP contribution in [0.5, 0.6) is 5.75 Å². The lowest BCUT2D eigenvalue weighted by molar-refractivity contribution is -0.274. The molecule has 1 fully saturated rings. The first-order valence-electron chi connectivity index (χ1n) is 13.0. The molecular formula is C29H25F3N6O4S. The fraction of sp³-hybridized carbons (Fsp3) is 0.207. The molecular weight excluding hydrogens is 585 g/mol. The second kappa shape index (κ2) is 12.7. The summed E-state index contributed by atoms with van der Waals surface area (Å²) < 4.78 is 42.5. The van der Waals surface area contributed by atoms with E-state index in [1.807, 2.05) is 38.1 Å². The number of amides is 3. The van der Waals surface area contributed by atoms with Crippen molar-refractivity contribution in [1.29, 1.82) is 0 Å². The van der Waals surface area contributed by atoms with E-state index in [0.717, 1.165) is 11.1 Å². The summed E-state index contributed by atoms with van der Waals surface area (Å²) in [6, 6.07) is 19.1. The quantitative estimate of drug-likeness (QED) is 0.235. The molecule has 4 aromatic rings. The van der Waals surface area contributed by atoms with Gasteiger partial charge >= 0.3 is 12.4 Å². The molecule has 10 nitrogen and oxygen atoms in total. The number of ether oxygens (including phenoxy) is 1. The van der Waals surface area contributed by atoms with Crippen LogP contribution in [-0.4, -0.2) is 44.0 Å². The molecule has 1 aliphatic rings. The van der Waals surface area contributed by atoms with Crippen molar-refractivity contribution in [2.45, 2.75) is 32.7 Å². The number of nitrogens with one attached hydrogen (secondary N) is 1. The lowest BCUT2D eigenvalue weighted by atomic mass is 10.0. The zero-order valence-electron chi connectivity index (χ0n) is 22.9. The number of carbonyl (C=O) groups is 2. The van der Waals surface area contributed by atoms with E-state index in [2.05, 4.69) is 25.3 Å². The number of urea groups is 1. The van der Waals surface area contributed by atoms with E-state index >= 15 is 0 Å². The van der Waals surface area contributed by atoms with Crippen molar-refractivity contribution in [2.75, 3.05) is 10.7 Å². The van der Waals surface area contributed by atoms with E-state index in [1.54, 1.807) is 24.3 Å². The maximum absolute atomic E-state index is 12.6. The standard InChI is InChI=1S/C29H25F3N6O4S/c1-18(2)23-5-3-4-6-24(23)38-25(39)16-43-28(38)34-27(40)36-41-15-19-7-9-20(10-8-19)26-33-17-37(35-26)21-11-13-22(14-12-21)42-29(30,31)32/h3-14,17-18H,15-16H2,1-2H3,(H,36,40). The van der Waals surface area contributed by atoms with Gasteiger partial charge in [-0.25, -0.2) is 19.9 Å². The van der Waals surface area contributed by atoms with Gasteiger partial charge in [0.2, 0.25) is 5.91 Å². The molecule has 0 aliphatic carbocycles. The first-order chi connectivity index (χ1) is 20.6. The summed E-state index contributed by atoms with van der Waals surface area (Å²) in [5.74, 6) is 0.272. The Morgan fingerprint density at radius 3 is 2.49 bits per heavy atom. The molecule has 43 heavy (non-hydrogen) atoms. The van der Waals surface area contributed by atoms with E-state index in [9.17, 15) is 22.8 Å². The van der Waals surface area contributed by atoms with Crippen molar-refractivity contribution in [3.63, 3.8) is 0 Å². The molecule has 5 rings (SSSR count). The summed E-state index contributed by atoms with van der Waals surface area (Å²) in [6.07, 6.45) is -3.32. The number of para-hydroxylation sites is 1. The molecule has 3 aromatic carbocycles. The predicted octanol–water partition coefficient (Wildman–Crippen LogP) is 6.23. The highest BCUT2D eigenvalue weighted by molar-refractivity contribution is 8.15. The van der Waals surface area contributed by atoms with E-state index in [4.69, 9.17) is 4.84 Å². The van der Waals surface area contributed by atoms with Crippen LogP contribution in [0.15, 0.2) is 84.1 Å². The number of anilines is 1. The first kappa shape index (κ1) is 29.8. The van der Waals surface area contributed by atoms with E-state index in [0.29, 0.717) is 22.8 Å². The fourth-order valence-corrected chi connectivity index (χ4v) is 5.08. The number of aromatic nitrogens is 3. The summed E-state index contributed by atoms with van der Waals surface area (Å²) in [5, 5.41) is 4.66. The van der Waals surface area contributed by atoms with E-state index in [1.165, 1.54) is 51.9 Å². The first-order valence-corrected chi connectivity index (χ1v) is 14.0. The Bertz CT molecular complexity index is 1640. The van der Waals surface area contributed by atoms with Gasteiger partial charge in [-0.2, -0.15) is 4.99 Å². The van der Waals surface area contributed by atoms with Gasteiger partial charge in [0.05, 0.1) is 23.7 Å². The van der Waals surface area contributed by atoms with Crippen molar-refractivity contribution >= 4 is 34.6 Å². The van der Waals surface area contributed by atoms with Crippen molar-refractivity contribution in [2.24, 2.45) is 4.99 Å². The minimum absolute atomic E-state index is 0.0526. The topological polar surface area (TPSA) is 111 Å². The average Bonchev–Trinajstić information content (AvgIpc) is 3.60. The highest BCUT2D eigenvalue weighted by Gasteiger charge is 2.32. The van der Waals surface area contributed by atoms with Gasteiger partial charge in [-0.3, -0.25) is 14.5 Å². The lowest BCUT2D eigenvalue weighted by Crippen LogP contribution is -2.32. The number of carbonyl (C=O) groups excluding carboxylic acids is 2. The van der Waals surface area contributed by atoms with Gasteiger partial charge in [0.15, 0.2) is 11.0 Å². The minimum atomic E-state index is -4.77. The smallest absolute Gasteiger partial charge is 0.406 e. The lowest BCUT2D eigenvalue weighted by Gasteiger charge is -2.21. The van der Waals surface area contributed by atoms with Gasteiger partial charge in [0.25, 0.3) is 0 Å². The van der Waals surface area contributed by atoms with Gasteiger partial charge < -0.3 is 4.74 Å². The van der Waals surface area contributed by atoms with Crippen molar-refractivity contribution < 1.29 is 32.3 Å². The highest BCUT2D eigenvalue weighted by atomic mass is 32.2.